The van der Waals surface area contributed by atoms with E-state index >= 15 is 0 Å². The molecule has 1 aliphatic heterocycles. The number of rotatable bonds is 5. The number of nitrogens with one attached hydrogen (secondary N) is 2. The molecule has 1 atom stereocenters. The minimum atomic E-state index is 0.255. The average molecular weight is 376 g/mol. The highest BCUT2D eigenvalue weighted by Gasteiger charge is 2.31. The van der Waals surface area contributed by atoms with Crippen molar-refractivity contribution in [2.24, 2.45) is 10.9 Å². The maximum atomic E-state index is 12.7. The first kappa shape index (κ1) is 19.7. The summed E-state index contributed by atoms with van der Waals surface area (Å²) in [6, 6.07) is 0.266. The molecule has 1 aliphatic carbocycles. The van der Waals surface area contributed by atoms with Crippen molar-refractivity contribution < 1.29 is 9.32 Å². The number of nitrogens with zero attached hydrogens (tertiary/aromatic N) is 3. The Morgan fingerprint density at radius 2 is 2.04 bits per heavy atom. The van der Waals surface area contributed by atoms with Crippen LogP contribution in [0.1, 0.15) is 55.5 Å². The fourth-order valence-electron chi connectivity index (χ4n) is 4.24. The third-order valence-electron chi connectivity index (χ3n) is 5.87. The molecule has 2 N–H and O–H groups in total. The van der Waals surface area contributed by atoms with Crippen molar-refractivity contribution in [3.8, 4) is 0 Å². The Labute approximate surface area is 162 Å². The molecule has 2 heterocycles. The van der Waals surface area contributed by atoms with E-state index in [9.17, 15) is 4.79 Å². The van der Waals surface area contributed by atoms with Crippen molar-refractivity contribution in [3.63, 3.8) is 0 Å². The van der Waals surface area contributed by atoms with Gasteiger partial charge in [0.1, 0.15) is 5.76 Å². The van der Waals surface area contributed by atoms with E-state index in [1.54, 1.807) is 7.05 Å². The topological polar surface area (TPSA) is 82.8 Å². The number of guanidine groups is 1. The molecule has 150 valence electrons. The van der Waals surface area contributed by atoms with Gasteiger partial charge in [-0.05, 0) is 39.5 Å². The quantitative estimate of drug-likeness (QED) is 0.609. The van der Waals surface area contributed by atoms with Gasteiger partial charge in [-0.3, -0.25) is 9.79 Å². The second kappa shape index (κ2) is 9.24. The molecule has 1 aromatic heterocycles. The van der Waals surface area contributed by atoms with Crippen LogP contribution in [-0.4, -0.2) is 54.6 Å². The Kier molecular flexibility index (Phi) is 6.74. The van der Waals surface area contributed by atoms with Crippen molar-refractivity contribution in [2.45, 2.75) is 64.8 Å². The highest BCUT2D eigenvalue weighted by atomic mass is 16.5. The van der Waals surface area contributed by atoms with Gasteiger partial charge in [0.25, 0.3) is 0 Å². The molecule has 0 bridgehead atoms. The lowest BCUT2D eigenvalue weighted by Gasteiger charge is -2.26. The Morgan fingerprint density at radius 3 is 2.70 bits per heavy atom. The number of carbonyl (C=O) groups is 1. The monoisotopic (exact) mass is 375 g/mol. The van der Waals surface area contributed by atoms with Gasteiger partial charge >= 0.3 is 0 Å². The van der Waals surface area contributed by atoms with E-state index < -0.39 is 0 Å². The van der Waals surface area contributed by atoms with Gasteiger partial charge in [0.05, 0.1) is 5.69 Å². The summed E-state index contributed by atoms with van der Waals surface area (Å²) in [4.78, 5) is 19.1. The molecule has 0 aromatic carbocycles. The van der Waals surface area contributed by atoms with Crippen LogP contribution in [0.3, 0.4) is 0 Å². The minimum Gasteiger partial charge on any atom is -0.361 e. The van der Waals surface area contributed by atoms with Crippen molar-refractivity contribution >= 4 is 11.9 Å². The molecule has 1 amide bonds. The van der Waals surface area contributed by atoms with Gasteiger partial charge in [-0.2, -0.15) is 0 Å². The summed E-state index contributed by atoms with van der Waals surface area (Å²) in [5.41, 5.74) is 2.10. The van der Waals surface area contributed by atoms with Gasteiger partial charge in [0, 0.05) is 44.2 Å². The van der Waals surface area contributed by atoms with Crippen molar-refractivity contribution in [2.75, 3.05) is 26.7 Å². The molecule has 0 radical (unpaired) electrons. The summed E-state index contributed by atoms with van der Waals surface area (Å²) in [6.45, 7) is 6.30. The summed E-state index contributed by atoms with van der Waals surface area (Å²) in [7, 11) is 1.78. The van der Waals surface area contributed by atoms with E-state index in [4.69, 9.17) is 4.52 Å². The molecule has 1 unspecified atom stereocenters. The molecular formula is C20H33N5O2. The molecular weight excluding hydrogens is 342 g/mol. The van der Waals surface area contributed by atoms with Gasteiger partial charge in [0.15, 0.2) is 5.96 Å². The predicted molar refractivity (Wildman–Crippen MR) is 106 cm³/mol. The van der Waals surface area contributed by atoms with Crippen LogP contribution < -0.4 is 10.6 Å². The Hall–Kier alpha value is -2.05. The molecule has 1 saturated carbocycles. The second-order valence-electron chi connectivity index (χ2n) is 7.80. The van der Waals surface area contributed by atoms with Crippen LogP contribution in [0.5, 0.6) is 0 Å². The maximum Gasteiger partial charge on any atom is 0.225 e. The molecule has 7 nitrogen and oxygen atoms in total. The standard InChI is InChI=1S/C20H33N5O2/c1-14-18(15(2)27-24-14)9-11-22-20(21-3)23-17-10-12-25(13-17)19(26)16-7-5-4-6-8-16/h16-17H,4-13H2,1-3H3,(H2,21,22,23). The van der Waals surface area contributed by atoms with E-state index in [0.29, 0.717) is 5.91 Å². The number of aliphatic imine (C=N–C) groups is 1. The third kappa shape index (κ3) is 5.02. The summed E-state index contributed by atoms with van der Waals surface area (Å²) in [6.07, 6.45) is 7.64. The highest BCUT2D eigenvalue weighted by Crippen LogP contribution is 2.26. The van der Waals surface area contributed by atoms with E-state index in [1.165, 1.54) is 19.3 Å². The second-order valence-corrected chi connectivity index (χ2v) is 7.80. The zero-order chi connectivity index (χ0) is 19.2. The number of hydrogen-bond donors (Lipinski definition) is 2. The number of carbonyl (C=O) groups excluding carboxylic acids is 1. The van der Waals surface area contributed by atoms with Crippen molar-refractivity contribution in [1.29, 1.82) is 0 Å². The normalized spacial score (nSPS) is 21.5. The lowest BCUT2D eigenvalue weighted by molar-refractivity contribution is -0.135. The molecule has 2 aliphatic rings. The highest BCUT2D eigenvalue weighted by molar-refractivity contribution is 5.81. The van der Waals surface area contributed by atoms with Crippen LogP contribution in [0.25, 0.3) is 0 Å². The Balaban J connectivity index is 1.43. The minimum absolute atomic E-state index is 0.255. The Bertz CT molecular complexity index is 644. The van der Waals surface area contributed by atoms with Crippen LogP contribution in [0, 0.1) is 19.8 Å². The first-order valence-electron chi connectivity index (χ1n) is 10.3. The summed E-state index contributed by atoms with van der Waals surface area (Å²) in [5.74, 6) is 2.29. The number of amides is 1. The van der Waals surface area contributed by atoms with Gasteiger partial charge in [-0.15, -0.1) is 0 Å². The summed E-state index contributed by atoms with van der Waals surface area (Å²) in [5, 5.41) is 10.8. The lowest BCUT2D eigenvalue weighted by Crippen LogP contribution is -2.46. The SMILES string of the molecule is CN=C(NCCc1c(C)noc1C)NC1CCN(C(=O)C2CCCCC2)C1. The number of hydrogen-bond acceptors (Lipinski definition) is 4. The predicted octanol–water partition coefficient (Wildman–Crippen LogP) is 2.18. The zero-order valence-electron chi connectivity index (χ0n) is 16.9. The molecule has 0 spiro atoms. The van der Waals surface area contributed by atoms with Gasteiger partial charge < -0.3 is 20.1 Å². The molecule has 7 heteroatoms. The van der Waals surface area contributed by atoms with Crippen LogP contribution >= 0.6 is 0 Å². The van der Waals surface area contributed by atoms with Crippen LogP contribution in [-0.2, 0) is 11.2 Å². The van der Waals surface area contributed by atoms with E-state index in [1.807, 2.05) is 18.7 Å². The average Bonchev–Trinajstić information content (AvgIpc) is 3.28. The molecule has 1 aromatic rings. The van der Waals surface area contributed by atoms with E-state index in [2.05, 4.69) is 20.8 Å². The van der Waals surface area contributed by atoms with E-state index in [0.717, 1.165) is 68.3 Å². The van der Waals surface area contributed by atoms with Crippen molar-refractivity contribution in [3.05, 3.63) is 17.0 Å². The van der Waals surface area contributed by atoms with E-state index in [-0.39, 0.29) is 12.0 Å². The third-order valence-corrected chi connectivity index (χ3v) is 5.87. The molecule has 1 saturated heterocycles. The van der Waals surface area contributed by atoms with Crippen LogP contribution in [0.4, 0.5) is 0 Å². The molecule has 2 fully saturated rings. The van der Waals surface area contributed by atoms with Crippen LogP contribution in [0.2, 0.25) is 0 Å². The number of aryl methyl sites for hydroxylation is 2. The largest absolute Gasteiger partial charge is 0.361 e. The first-order chi connectivity index (χ1) is 13.1. The van der Waals surface area contributed by atoms with Gasteiger partial charge in [0.2, 0.25) is 5.91 Å². The zero-order valence-corrected chi connectivity index (χ0v) is 16.9. The number of likely N-dealkylation sites (tertiary alicyclic amines) is 1. The molecule has 27 heavy (non-hydrogen) atoms. The lowest BCUT2D eigenvalue weighted by atomic mass is 9.88. The summed E-state index contributed by atoms with van der Waals surface area (Å²) >= 11 is 0. The fraction of sp³-hybridized carbons (Fsp3) is 0.750. The van der Waals surface area contributed by atoms with Gasteiger partial charge in [-0.25, -0.2) is 0 Å². The maximum absolute atomic E-state index is 12.7. The van der Waals surface area contributed by atoms with Crippen molar-refractivity contribution in [1.82, 2.24) is 20.7 Å². The fourth-order valence-corrected chi connectivity index (χ4v) is 4.24. The first-order valence-corrected chi connectivity index (χ1v) is 10.3. The van der Waals surface area contributed by atoms with Gasteiger partial charge in [-0.1, -0.05) is 24.4 Å². The number of aromatic nitrogens is 1. The van der Waals surface area contributed by atoms with Crippen LogP contribution in [0.15, 0.2) is 9.52 Å². The summed E-state index contributed by atoms with van der Waals surface area (Å²) < 4.78 is 5.21. The molecule has 3 rings (SSSR count). The smallest absolute Gasteiger partial charge is 0.225 e. The Morgan fingerprint density at radius 1 is 1.26 bits per heavy atom.